The molecule has 0 bridgehead atoms. The molecule has 0 saturated carbocycles. The fraction of sp³-hybridized carbons (Fsp3) is 0.500. The highest BCUT2D eigenvalue weighted by Gasteiger charge is 2.23. The second-order valence-electron chi connectivity index (χ2n) is 4.01. The van der Waals surface area contributed by atoms with Gasteiger partial charge in [0.05, 0.1) is 11.5 Å². The number of carbonyl (C=O) groups is 1. The van der Waals surface area contributed by atoms with Gasteiger partial charge in [-0.3, -0.25) is 0 Å². The lowest BCUT2D eigenvalue weighted by Crippen LogP contribution is -2.11. The number of aromatic carboxylic acids is 1. The van der Waals surface area contributed by atoms with Gasteiger partial charge in [0.1, 0.15) is 0 Å². The zero-order valence-corrected chi connectivity index (χ0v) is 10.1. The molecule has 0 aromatic carbocycles. The topological polar surface area (TPSA) is 97.2 Å². The summed E-state index contributed by atoms with van der Waals surface area (Å²) >= 11 is 0. The normalized spacial score (nSPS) is 18.2. The highest BCUT2D eigenvalue weighted by atomic mass is 32.2. The molecule has 2 heterocycles. The van der Waals surface area contributed by atoms with E-state index in [9.17, 15) is 13.2 Å². The molecule has 0 unspecified atom stereocenters. The third-order valence-electron chi connectivity index (χ3n) is 2.80. The molecule has 7 heteroatoms. The number of hydrogen-bond acceptors (Lipinski definition) is 5. The predicted octanol–water partition coefficient (Wildman–Crippen LogP) is -0.00338. The molecule has 1 aliphatic rings. The van der Waals surface area contributed by atoms with Gasteiger partial charge in [0.2, 0.25) is 5.82 Å². The summed E-state index contributed by atoms with van der Waals surface area (Å²) in [6, 6.07) is 0. The Morgan fingerprint density at radius 2 is 1.88 bits per heavy atom. The van der Waals surface area contributed by atoms with Gasteiger partial charge in [0.15, 0.2) is 9.84 Å². The van der Waals surface area contributed by atoms with Crippen molar-refractivity contribution >= 4 is 15.8 Å². The van der Waals surface area contributed by atoms with E-state index in [-0.39, 0.29) is 23.8 Å². The van der Waals surface area contributed by atoms with Gasteiger partial charge in [-0.15, -0.1) is 0 Å². The predicted molar refractivity (Wildman–Crippen MR) is 59.8 cm³/mol. The Labute approximate surface area is 98.6 Å². The molecule has 6 nitrogen and oxygen atoms in total. The molecule has 0 atom stereocenters. The molecule has 1 aromatic rings. The highest BCUT2D eigenvalue weighted by molar-refractivity contribution is 7.91. The smallest absolute Gasteiger partial charge is 0.373 e. The Kier molecular flexibility index (Phi) is 2.86. The van der Waals surface area contributed by atoms with Gasteiger partial charge in [-0.05, 0) is 18.9 Å². The number of carboxylic acids is 1. The molecule has 1 N–H and O–H groups in total. The lowest BCUT2D eigenvalue weighted by Gasteiger charge is -2.07. The average molecular weight is 256 g/mol. The van der Waals surface area contributed by atoms with Gasteiger partial charge < -0.3 is 5.11 Å². The standard InChI is InChI=1S/C10H12N2O4S/c1-6-7-2-4-17(15,16)5-3-8(7)12-9(11-6)10(13)14/h2-5H2,1H3,(H,13,14). The van der Waals surface area contributed by atoms with E-state index in [0.29, 0.717) is 17.8 Å². The molecule has 92 valence electrons. The summed E-state index contributed by atoms with van der Waals surface area (Å²) in [5.74, 6) is -1.35. The van der Waals surface area contributed by atoms with Crippen LogP contribution in [-0.4, -0.2) is 41.0 Å². The quantitative estimate of drug-likeness (QED) is 0.759. The first-order chi connectivity index (χ1) is 7.89. The summed E-state index contributed by atoms with van der Waals surface area (Å²) in [6.07, 6.45) is 0.630. The Morgan fingerprint density at radius 1 is 1.24 bits per heavy atom. The van der Waals surface area contributed by atoms with Crippen molar-refractivity contribution in [1.82, 2.24) is 9.97 Å². The van der Waals surface area contributed by atoms with Crippen LogP contribution >= 0.6 is 0 Å². The fourth-order valence-electron chi connectivity index (χ4n) is 1.89. The number of fused-ring (bicyclic) bond motifs is 1. The first-order valence-electron chi connectivity index (χ1n) is 5.19. The highest BCUT2D eigenvalue weighted by Crippen LogP contribution is 2.18. The number of aromatic nitrogens is 2. The van der Waals surface area contributed by atoms with Crippen molar-refractivity contribution in [3.63, 3.8) is 0 Å². The Balaban J connectivity index is 2.50. The molecule has 0 amide bonds. The van der Waals surface area contributed by atoms with E-state index in [1.54, 1.807) is 6.92 Å². The van der Waals surface area contributed by atoms with Crippen LogP contribution in [0.15, 0.2) is 0 Å². The van der Waals surface area contributed by atoms with E-state index in [0.717, 1.165) is 5.56 Å². The van der Waals surface area contributed by atoms with E-state index in [4.69, 9.17) is 5.11 Å². The number of nitrogens with zero attached hydrogens (tertiary/aromatic N) is 2. The van der Waals surface area contributed by atoms with Gasteiger partial charge in [0, 0.05) is 17.8 Å². The second-order valence-corrected chi connectivity index (χ2v) is 6.32. The van der Waals surface area contributed by atoms with Crippen molar-refractivity contribution in [3.05, 3.63) is 22.8 Å². The molecule has 2 rings (SSSR count). The number of carboxylic acid groups (broad SMARTS) is 1. The minimum Gasteiger partial charge on any atom is -0.475 e. The maximum absolute atomic E-state index is 11.5. The van der Waals surface area contributed by atoms with Crippen LogP contribution in [0.3, 0.4) is 0 Å². The minimum absolute atomic E-state index is 0.0233. The van der Waals surface area contributed by atoms with Crippen LogP contribution in [0.1, 0.15) is 27.6 Å². The van der Waals surface area contributed by atoms with Crippen LogP contribution in [-0.2, 0) is 22.7 Å². The maximum Gasteiger partial charge on any atom is 0.373 e. The van der Waals surface area contributed by atoms with E-state index in [2.05, 4.69) is 9.97 Å². The summed E-state index contributed by atoms with van der Waals surface area (Å²) in [5, 5.41) is 8.84. The average Bonchev–Trinajstić information content (AvgIpc) is 2.38. The van der Waals surface area contributed by atoms with Crippen LogP contribution in [0.25, 0.3) is 0 Å². The van der Waals surface area contributed by atoms with Gasteiger partial charge in [0.25, 0.3) is 0 Å². The minimum atomic E-state index is -3.05. The largest absolute Gasteiger partial charge is 0.475 e. The zero-order valence-electron chi connectivity index (χ0n) is 9.30. The second kappa shape index (κ2) is 4.06. The summed E-state index contributed by atoms with van der Waals surface area (Å²) in [4.78, 5) is 18.6. The van der Waals surface area contributed by atoms with E-state index in [1.807, 2.05) is 0 Å². The fourth-order valence-corrected chi connectivity index (χ4v) is 3.12. The molecular weight excluding hydrogens is 244 g/mol. The van der Waals surface area contributed by atoms with E-state index < -0.39 is 15.8 Å². The monoisotopic (exact) mass is 256 g/mol. The Bertz CT molecular complexity index is 580. The van der Waals surface area contributed by atoms with Gasteiger partial charge in [-0.2, -0.15) is 0 Å². The summed E-state index contributed by atoms with van der Waals surface area (Å²) < 4.78 is 23.0. The van der Waals surface area contributed by atoms with Crippen LogP contribution in [0.2, 0.25) is 0 Å². The van der Waals surface area contributed by atoms with Crippen molar-refractivity contribution in [2.45, 2.75) is 19.8 Å². The zero-order chi connectivity index (χ0) is 12.6. The molecule has 0 saturated heterocycles. The summed E-state index contributed by atoms with van der Waals surface area (Å²) in [5.41, 5.74) is 1.89. The van der Waals surface area contributed by atoms with Crippen molar-refractivity contribution in [2.75, 3.05) is 11.5 Å². The van der Waals surface area contributed by atoms with Crippen molar-refractivity contribution in [2.24, 2.45) is 0 Å². The van der Waals surface area contributed by atoms with Crippen molar-refractivity contribution in [3.8, 4) is 0 Å². The molecule has 0 radical (unpaired) electrons. The Morgan fingerprint density at radius 3 is 2.53 bits per heavy atom. The lowest BCUT2D eigenvalue weighted by atomic mass is 10.1. The van der Waals surface area contributed by atoms with Crippen LogP contribution in [0.4, 0.5) is 0 Å². The van der Waals surface area contributed by atoms with Gasteiger partial charge in [-0.1, -0.05) is 0 Å². The molecule has 1 aliphatic heterocycles. The molecule has 1 aromatic heterocycles. The molecule has 17 heavy (non-hydrogen) atoms. The van der Waals surface area contributed by atoms with Crippen LogP contribution < -0.4 is 0 Å². The van der Waals surface area contributed by atoms with Gasteiger partial charge >= 0.3 is 5.97 Å². The van der Waals surface area contributed by atoms with Crippen molar-refractivity contribution < 1.29 is 18.3 Å². The van der Waals surface area contributed by atoms with Crippen LogP contribution in [0, 0.1) is 6.92 Å². The number of hydrogen-bond donors (Lipinski definition) is 1. The first kappa shape index (κ1) is 12.0. The first-order valence-corrected chi connectivity index (χ1v) is 7.01. The van der Waals surface area contributed by atoms with E-state index >= 15 is 0 Å². The van der Waals surface area contributed by atoms with Crippen molar-refractivity contribution in [1.29, 1.82) is 0 Å². The third kappa shape index (κ3) is 2.44. The number of aryl methyl sites for hydroxylation is 2. The van der Waals surface area contributed by atoms with Gasteiger partial charge in [-0.25, -0.2) is 23.2 Å². The summed E-state index contributed by atoms with van der Waals surface area (Å²) in [6.45, 7) is 1.69. The maximum atomic E-state index is 11.5. The Hall–Kier alpha value is -1.50. The van der Waals surface area contributed by atoms with E-state index in [1.165, 1.54) is 0 Å². The molecular formula is C10H12N2O4S. The third-order valence-corrected chi connectivity index (χ3v) is 4.46. The number of sulfone groups is 1. The molecule has 0 aliphatic carbocycles. The molecule has 0 fully saturated rings. The lowest BCUT2D eigenvalue weighted by molar-refractivity contribution is 0.0682. The SMILES string of the molecule is Cc1nc(C(=O)O)nc2c1CCS(=O)(=O)CC2. The van der Waals surface area contributed by atoms with Crippen LogP contribution in [0.5, 0.6) is 0 Å². The number of rotatable bonds is 1. The summed E-state index contributed by atoms with van der Waals surface area (Å²) in [7, 11) is -3.05. The molecule has 0 spiro atoms.